The monoisotopic (exact) mass is 168 g/mol. The first-order valence-electron chi connectivity index (χ1n) is 3.44. The van der Waals surface area contributed by atoms with Gasteiger partial charge in [0.05, 0.1) is 0 Å². The van der Waals surface area contributed by atoms with Gasteiger partial charge in [-0.05, 0) is 5.92 Å². The summed E-state index contributed by atoms with van der Waals surface area (Å²) in [5.41, 5.74) is 0. The van der Waals surface area contributed by atoms with E-state index in [4.69, 9.17) is 0 Å². The van der Waals surface area contributed by atoms with Crippen molar-refractivity contribution in [1.29, 1.82) is 0 Å². The molecule has 1 nitrogen and oxygen atoms in total. The third-order valence-corrected chi connectivity index (χ3v) is 1.96. The third-order valence-electron chi connectivity index (χ3n) is 1.96. The van der Waals surface area contributed by atoms with Crippen LogP contribution in [0.15, 0.2) is 0 Å². The molecule has 1 heterocycles. The van der Waals surface area contributed by atoms with Gasteiger partial charge in [0.1, 0.15) is 0 Å². The molecule has 0 spiro atoms. The van der Waals surface area contributed by atoms with Gasteiger partial charge in [-0.1, -0.05) is 26.2 Å². The largest absolute Gasteiger partial charge is 0.662 e. The van der Waals surface area contributed by atoms with Gasteiger partial charge in [0.25, 0.3) is 0 Å². The molecule has 1 fully saturated rings. The molecular formula is C7H14FeN-. The van der Waals surface area contributed by atoms with Gasteiger partial charge in [-0.25, -0.2) is 0 Å². The average molecular weight is 168 g/mol. The second kappa shape index (κ2) is 4.32. The van der Waals surface area contributed by atoms with Gasteiger partial charge >= 0.3 is 0 Å². The van der Waals surface area contributed by atoms with E-state index in [0.717, 1.165) is 24.9 Å². The van der Waals surface area contributed by atoms with Crippen molar-refractivity contribution in [2.45, 2.75) is 20.3 Å². The van der Waals surface area contributed by atoms with Crippen molar-refractivity contribution >= 4 is 0 Å². The second-order valence-corrected chi connectivity index (χ2v) is 2.92. The summed E-state index contributed by atoms with van der Waals surface area (Å²) in [5.74, 6) is 1.75. The molecule has 1 saturated heterocycles. The molecule has 1 unspecified atom stereocenters. The fraction of sp³-hybridized carbons (Fsp3) is 1.00. The topological polar surface area (TPSA) is 14.1 Å². The summed E-state index contributed by atoms with van der Waals surface area (Å²) in [4.78, 5) is 0. The van der Waals surface area contributed by atoms with Crippen LogP contribution in [0, 0.1) is 11.8 Å². The van der Waals surface area contributed by atoms with Gasteiger partial charge in [-0.2, -0.15) is 0 Å². The molecule has 9 heavy (non-hydrogen) atoms. The van der Waals surface area contributed by atoms with Crippen LogP contribution in [0.3, 0.4) is 0 Å². The Morgan fingerprint density at radius 1 is 1.44 bits per heavy atom. The predicted molar refractivity (Wildman–Crippen MR) is 36.0 cm³/mol. The molecule has 0 aliphatic carbocycles. The van der Waals surface area contributed by atoms with E-state index in [1.807, 2.05) is 0 Å². The molecule has 2 heteroatoms. The van der Waals surface area contributed by atoms with Crippen LogP contribution >= 0.6 is 0 Å². The zero-order chi connectivity index (χ0) is 5.98. The molecule has 0 N–H and O–H groups in total. The van der Waals surface area contributed by atoms with E-state index in [0.29, 0.717) is 0 Å². The molecule has 0 aromatic rings. The van der Waals surface area contributed by atoms with Gasteiger partial charge in [-0.3, -0.25) is 0 Å². The summed E-state index contributed by atoms with van der Waals surface area (Å²) >= 11 is 0. The summed E-state index contributed by atoms with van der Waals surface area (Å²) in [6.07, 6.45) is 1.33. The van der Waals surface area contributed by atoms with Crippen molar-refractivity contribution < 1.29 is 17.1 Å². The van der Waals surface area contributed by atoms with Crippen LogP contribution < -0.4 is 0 Å². The Hall–Kier alpha value is 0.479. The van der Waals surface area contributed by atoms with Crippen LogP contribution in [0.5, 0.6) is 0 Å². The summed E-state index contributed by atoms with van der Waals surface area (Å²) in [5, 5.41) is 4.29. The molecule has 0 bridgehead atoms. The molecule has 1 aliphatic heterocycles. The molecule has 1 aliphatic rings. The Morgan fingerprint density at radius 3 is 2.33 bits per heavy atom. The fourth-order valence-electron chi connectivity index (χ4n) is 1.15. The molecule has 0 amide bonds. The van der Waals surface area contributed by atoms with Gasteiger partial charge in [0.15, 0.2) is 0 Å². The number of hydrogen-bond donors (Lipinski definition) is 0. The molecule has 56 valence electrons. The SMILES string of the molecule is CC(C)C1CC[N-]C1.[Fe]. The molecule has 0 aromatic carbocycles. The molecule has 1 rings (SSSR count). The van der Waals surface area contributed by atoms with Crippen molar-refractivity contribution in [2.24, 2.45) is 11.8 Å². The van der Waals surface area contributed by atoms with Crippen molar-refractivity contribution in [3.05, 3.63) is 5.32 Å². The third kappa shape index (κ3) is 2.70. The van der Waals surface area contributed by atoms with Crippen LogP contribution in [0.1, 0.15) is 20.3 Å². The maximum absolute atomic E-state index is 4.29. The maximum Gasteiger partial charge on any atom is 0 e. The van der Waals surface area contributed by atoms with E-state index >= 15 is 0 Å². The first-order chi connectivity index (χ1) is 3.80. The summed E-state index contributed by atoms with van der Waals surface area (Å²) in [7, 11) is 0. The van der Waals surface area contributed by atoms with Crippen LogP contribution in [-0.2, 0) is 17.1 Å². The Bertz CT molecular complexity index is 67.3. The minimum absolute atomic E-state index is 0. The minimum atomic E-state index is 0. The van der Waals surface area contributed by atoms with E-state index in [-0.39, 0.29) is 17.1 Å². The summed E-state index contributed by atoms with van der Waals surface area (Å²) < 4.78 is 0. The number of nitrogens with zero attached hydrogens (tertiary/aromatic N) is 1. The molecule has 0 aromatic heterocycles. The zero-order valence-corrected chi connectivity index (χ0v) is 7.18. The van der Waals surface area contributed by atoms with Crippen molar-refractivity contribution in [1.82, 2.24) is 0 Å². The van der Waals surface area contributed by atoms with Crippen molar-refractivity contribution in [3.63, 3.8) is 0 Å². The zero-order valence-electron chi connectivity index (χ0n) is 6.08. The standard InChI is InChI=1S/C7H14N.Fe/c1-6(2)7-3-4-8-5-7;/h6-7H,3-5H2,1-2H3;/q-1;. The first-order valence-corrected chi connectivity index (χ1v) is 3.44. The van der Waals surface area contributed by atoms with E-state index in [1.54, 1.807) is 0 Å². The maximum atomic E-state index is 4.29. The number of hydrogen-bond acceptors (Lipinski definition) is 0. The van der Waals surface area contributed by atoms with Crippen molar-refractivity contribution in [2.75, 3.05) is 13.1 Å². The van der Waals surface area contributed by atoms with E-state index in [2.05, 4.69) is 19.2 Å². The van der Waals surface area contributed by atoms with E-state index in [1.165, 1.54) is 6.42 Å². The molecule has 0 radical (unpaired) electrons. The summed E-state index contributed by atoms with van der Waals surface area (Å²) in [6, 6.07) is 0. The Morgan fingerprint density at radius 2 is 2.11 bits per heavy atom. The smallest absolute Gasteiger partial charge is 0 e. The Kier molecular flexibility index (Phi) is 4.55. The second-order valence-electron chi connectivity index (χ2n) is 2.92. The molecule has 1 atom stereocenters. The van der Waals surface area contributed by atoms with Crippen LogP contribution in [-0.4, -0.2) is 13.1 Å². The predicted octanol–water partition coefficient (Wildman–Crippen LogP) is 2.03. The quantitative estimate of drug-likeness (QED) is 0.532. The Labute approximate surface area is 68.1 Å². The van der Waals surface area contributed by atoms with Gasteiger partial charge in [0.2, 0.25) is 0 Å². The van der Waals surface area contributed by atoms with Gasteiger partial charge < -0.3 is 5.32 Å². The number of rotatable bonds is 1. The van der Waals surface area contributed by atoms with Gasteiger partial charge in [-0.15, -0.1) is 13.1 Å². The van der Waals surface area contributed by atoms with Crippen LogP contribution in [0.25, 0.3) is 5.32 Å². The first kappa shape index (κ1) is 9.48. The Balaban J connectivity index is 0.000000640. The van der Waals surface area contributed by atoms with Crippen molar-refractivity contribution in [3.8, 4) is 0 Å². The summed E-state index contributed by atoms with van der Waals surface area (Å²) in [6.45, 7) is 6.80. The van der Waals surface area contributed by atoms with Crippen LogP contribution in [0.4, 0.5) is 0 Å². The average Bonchev–Trinajstić information content (AvgIpc) is 2.12. The van der Waals surface area contributed by atoms with Gasteiger partial charge in [0, 0.05) is 17.1 Å². The molecular weight excluding hydrogens is 154 g/mol. The minimum Gasteiger partial charge on any atom is -0.662 e. The van der Waals surface area contributed by atoms with Crippen LogP contribution in [0.2, 0.25) is 0 Å². The fourth-order valence-corrected chi connectivity index (χ4v) is 1.15. The normalized spacial score (nSPS) is 26.3. The van der Waals surface area contributed by atoms with E-state index < -0.39 is 0 Å². The molecule has 0 saturated carbocycles. The van der Waals surface area contributed by atoms with E-state index in [9.17, 15) is 0 Å².